The van der Waals surface area contributed by atoms with E-state index in [2.05, 4.69) is 24.1 Å². The highest BCUT2D eigenvalue weighted by Gasteiger charge is 2.37. The lowest BCUT2D eigenvalue weighted by atomic mass is 9.98. The number of amides is 2. The first kappa shape index (κ1) is 19.2. The van der Waals surface area contributed by atoms with Crippen molar-refractivity contribution < 1.29 is 9.59 Å². The third-order valence-electron chi connectivity index (χ3n) is 5.67. The van der Waals surface area contributed by atoms with Crippen LogP contribution < -0.4 is 10.2 Å². The molecule has 0 aliphatic carbocycles. The van der Waals surface area contributed by atoms with Gasteiger partial charge in [-0.05, 0) is 69.5 Å². The fourth-order valence-corrected chi connectivity index (χ4v) is 3.90. The van der Waals surface area contributed by atoms with Crippen molar-refractivity contribution in [2.45, 2.75) is 39.2 Å². The number of carbonyl (C=O) groups excluding carboxylic acids is 2. The Morgan fingerprint density at radius 1 is 1.19 bits per heavy atom. The Morgan fingerprint density at radius 2 is 1.85 bits per heavy atom. The Labute approximate surface area is 160 Å². The van der Waals surface area contributed by atoms with Gasteiger partial charge >= 0.3 is 0 Å². The molecule has 0 aromatic heterocycles. The van der Waals surface area contributed by atoms with Gasteiger partial charge in [0.25, 0.3) is 0 Å². The summed E-state index contributed by atoms with van der Waals surface area (Å²) in [6.45, 7) is 7.78. The highest BCUT2D eigenvalue weighted by Crippen LogP contribution is 2.26. The number of hydrogen-bond acceptors (Lipinski definition) is 3. The topological polar surface area (TPSA) is 52.7 Å². The zero-order valence-corrected chi connectivity index (χ0v) is 16.3. The molecular weight excluding hydrogens is 350 g/mol. The van der Waals surface area contributed by atoms with E-state index < -0.39 is 5.92 Å². The molecule has 1 N–H and O–H groups in total. The first-order chi connectivity index (χ1) is 12.5. The number of anilines is 1. The molecule has 2 saturated heterocycles. The second kappa shape index (κ2) is 8.40. The highest BCUT2D eigenvalue weighted by atomic mass is 35.5. The van der Waals surface area contributed by atoms with Gasteiger partial charge in [-0.25, -0.2) is 0 Å². The van der Waals surface area contributed by atoms with E-state index in [1.54, 1.807) is 17.0 Å². The molecule has 2 aliphatic rings. The maximum absolute atomic E-state index is 12.6. The van der Waals surface area contributed by atoms with Crippen LogP contribution in [0.15, 0.2) is 24.3 Å². The normalized spacial score (nSPS) is 23.3. The summed E-state index contributed by atoms with van der Waals surface area (Å²) in [6.07, 6.45) is 2.99. The van der Waals surface area contributed by atoms with E-state index in [4.69, 9.17) is 11.6 Å². The van der Waals surface area contributed by atoms with Crippen LogP contribution in [0.25, 0.3) is 0 Å². The molecule has 142 valence electrons. The third-order valence-corrected chi connectivity index (χ3v) is 5.93. The summed E-state index contributed by atoms with van der Waals surface area (Å²) < 4.78 is 0. The summed E-state index contributed by atoms with van der Waals surface area (Å²) in [5, 5.41) is 3.63. The number of carbonyl (C=O) groups is 2. The van der Waals surface area contributed by atoms with Gasteiger partial charge in [-0.15, -0.1) is 0 Å². The molecule has 2 fully saturated rings. The lowest BCUT2D eigenvalue weighted by Crippen LogP contribution is -2.47. The summed E-state index contributed by atoms with van der Waals surface area (Å²) in [6, 6.07) is 7.47. The Morgan fingerprint density at radius 3 is 2.50 bits per heavy atom. The Hall–Kier alpha value is -1.59. The van der Waals surface area contributed by atoms with Gasteiger partial charge in [0.1, 0.15) is 5.92 Å². The van der Waals surface area contributed by atoms with Crippen molar-refractivity contribution in [1.82, 2.24) is 10.2 Å². The van der Waals surface area contributed by atoms with Crippen LogP contribution in [0.3, 0.4) is 0 Å². The van der Waals surface area contributed by atoms with Crippen molar-refractivity contribution >= 4 is 29.1 Å². The van der Waals surface area contributed by atoms with Crippen LogP contribution in [0.1, 0.15) is 33.1 Å². The molecule has 1 aromatic carbocycles. The number of nitrogens with zero attached hydrogens (tertiary/aromatic N) is 2. The van der Waals surface area contributed by atoms with Crippen molar-refractivity contribution in [2.24, 2.45) is 11.8 Å². The molecule has 2 amide bonds. The van der Waals surface area contributed by atoms with E-state index in [-0.39, 0.29) is 11.8 Å². The van der Waals surface area contributed by atoms with Gasteiger partial charge in [-0.1, -0.05) is 18.5 Å². The standard InChI is InChI=1S/C20H28ClN3O2/c1-14-7-10-23(11-8-14)15(2)13-22-19(25)18-9-12-24(20(18)26)17-5-3-16(21)4-6-17/h3-6,14-15,18H,7-13H2,1-2H3,(H,22,25)/t15-,18-/m0/s1. The summed E-state index contributed by atoms with van der Waals surface area (Å²) in [5.74, 6) is -0.0600. The van der Waals surface area contributed by atoms with E-state index in [0.717, 1.165) is 24.7 Å². The predicted molar refractivity (Wildman–Crippen MR) is 104 cm³/mol. The highest BCUT2D eigenvalue weighted by molar-refractivity contribution is 6.30. The molecule has 2 aliphatic heterocycles. The van der Waals surface area contributed by atoms with Crippen LogP contribution in [-0.2, 0) is 9.59 Å². The van der Waals surface area contributed by atoms with E-state index in [0.29, 0.717) is 30.6 Å². The number of likely N-dealkylation sites (tertiary alicyclic amines) is 1. The van der Waals surface area contributed by atoms with Crippen LogP contribution in [-0.4, -0.2) is 48.9 Å². The average Bonchev–Trinajstić information content (AvgIpc) is 3.02. The largest absolute Gasteiger partial charge is 0.354 e. The molecule has 1 aromatic rings. The molecule has 2 atom stereocenters. The molecule has 0 radical (unpaired) electrons. The maximum atomic E-state index is 12.6. The zero-order chi connectivity index (χ0) is 18.7. The molecule has 6 heteroatoms. The minimum absolute atomic E-state index is 0.121. The zero-order valence-electron chi connectivity index (χ0n) is 15.6. The number of rotatable bonds is 5. The van der Waals surface area contributed by atoms with Gasteiger partial charge in [0.15, 0.2) is 0 Å². The second-order valence-electron chi connectivity index (χ2n) is 7.62. The van der Waals surface area contributed by atoms with Crippen LogP contribution in [0.2, 0.25) is 5.02 Å². The maximum Gasteiger partial charge on any atom is 0.239 e. The van der Waals surface area contributed by atoms with Gasteiger partial charge in [0.05, 0.1) is 0 Å². The fraction of sp³-hybridized carbons (Fsp3) is 0.600. The van der Waals surface area contributed by atoms with Gasteiger partial charge in [-0.3, -0.25) is 14.5 Å². The molecule has 5 nitrogen and oxygen atoms in total. The van der Waals surface area contributed by atoms with Crippen molar-refractivity contribution in [3.05, 3.63) is 29.3 Å². The molecule has 3 rings (SSSR count). The van der Waals surface area contributed by atoms with Crippen molar-refractivity contribution in [3.8, 4) is 0 Å². The van der Waals surface area contributed by atoms with Crippen LogP contribution in [0.4, 0.5) is 5.69 Å². The predicted octanol–water partition coefficient (Wildman–Crippen LogP) is 2.93. The van der Waals surface area contributed by atoms with E-state index >= 15 is 0 Å². The van der Waals surface area contributed by atoms with Crippen LogP contribution in [0.5, 0.6) is 0 Å². The minimum atomic E-state index is -0.584. The van der Waals surface area contributed by atoms with Gasteiger partial charge in [-0.2, -0.15) is 0 Å². The van der Waals surface area contributed by atoms with Gasteiger partial charge in [0, 0.05) is 29.8 Å². The summed E-state index contributed by atoms with van der Waals surface area (Å²) in [5.41, 5.74) is 0.797. The average molecular weight is 378 g/mol. The summed E-state index contributed by atoms with van der Waals surface area (Å²) >= 11 is 5.91. The van der Waals surface area contributed by atoms with Crippen molar-refractivity contribution in [1.29, 1.82) is 0 Å². The monoisotopic (exact) mass is 377 g/mol. The third kappa shape index (κ3) is 4.38. The molecular formula is C20H28ClN3O2. The van der Waals surface area contributed by atoms with Crippen molar-refractivity contribution in [3.63, 3.8) is 0 Å². The molecule has 0 saturated carbocycles. The number of piperidine rings is 1. The molecule has 2 heterocycles. The van der Waals surface area contributed by atoms with Gasteiger partial charge in [0.2, 0.25) is 11.8 Å². The number of halogens is 1. The number of nitrogens with one attached hydrogen (secondary N) is 1. The lowest BCUT2D eigenvalue weighted by Gasteiger charge is -2.35. The molecule has 0 spiro atoms. The van der Waals surface area contributed by atoms with E-state index in [1.807, 2.05) is 12.1 Å². The van der Waals surface area contributed by atoms with Crippen molar-refractivity contribution in [2.75, 3.05) is 31.1 Å². The Kier molecular flexibility index (Phi) is 6.20. The van der Waals surface area contributed by atoms with Gasteiger partial charge < -0.3 is 10.2 Å². The summed E-state index contributed by atoms with van der Waals surface area (Å²) in [7, 11) is 0. The van der Waals surface area contributed by atoms with Crippen LogP contribution >= 0.6 is 11.6 Å². The molecule has 0 unspecified atom stereocenters. The fourth-order valence-electron chi connectivity index (χ4n) is 3.77. The van der Waals surface area contributed by atoms with E-state index in [9.17, 15) is 9.59 Å². The van der Waals surface area contributed by atoms with E-state index in [1.165, 1.54) is 12.8 Å². The molecule has 0 bridgehead atoms. The lowest BCUT2D eigenvalue weighted by molar-refractivity contribution is -0.132. The Balaban J connectivity index is 1.50. The second-order valence-corrected chi connectivity index (χ2v) is 8.06. The number of benzene rings is 1. The minimum Gasteiger partial charge on any atom is -0.354 e. The number of hydrogen-bond donors (Lipinski definition) is 1. The first-order valence-electron chi connectivity index (χ1n) is 9.54. The first-order valence-corrected chi connectivity index (χ1v) is 9.92. The van der Waals surface area contributed by atoms with Crippen LogP contribution in [0, 0.1) is 11.8 Å². The smallest absolute Gasteiger partial charge is 0.239 e. The molecule has 26 heavy (non-hydrogen) atoms. The quantitative estimate of drug-likeness (QED) is 0.803. The Bertz CT molecular complexity index is 641. The SMILES string of the molecule is CC1CCN([C@@H](C)CNC(=O)[C@@H]2CCN(c3ccc(Cl)cc3)C2=O)CC1. The summed E-state index contributed by atoms with van der Waals surface area (Å²) in [4.78, 5) is 29.3.